The molecular formula is C24H20N2OS. The van der Waals surface area contributed by atoms with Crippen molar-refractivity contribution in [1.29, 1.82) is 0 Å². The number of aromatic nitrogens is 1. The van der Waals surface area contributed by atoms with E-state index in [1.165, 1.54) is 33.6 Å². The fraction of sp³-hybridized carbons (Fsp3) is 0.167. The van der Waals surface area contributed by atoms with Crippen LogP contribution in [0.25, 0.3) is 21.3 Å². The zero-order valence-corrected chi connectivity index (χ0v) is 16.6. The van der Waals surface area contributed by atoms with Crippen LogP contribution in [0.2, 0.25) is 0 Å². The van der Waals surface area contributed by atoms with Crippen molar-refractivity contribution in [2.75, 3.05) is 5.73 Å². The Balaban J connectivity index is 1.55. The molecule has 1 aliphatic rings. The minimum absolute atomic E-state index is 0.0228. The van der Waals surface area contributed by atoms with Crippen LogP contribution in [-0.2, 0) is 6.42 Å². The molecule has 4 aromatic rings. The molecule has 0 bridgehead atoms. The van der Waals surface area contributed by atoms with Gasteiger partial charge < -0.3 is 5.73 Å². The first-order valence-electron chi connectivity index (χ1n) is 9.47. The Kier molecular flexibility index (Phi) is 3.84. The Bertz CT molecular complexity index is 1250. The van der Waals surface area contributed by atoms with Gasteiger partial charge in [-0.05, 0) is 52.8 Å². The van der Waals surface area contributed by atoms with E-state index in [4.69, 9.17) is 10.7 Å². The average molecular weight is 385 g/mol. The minimum atomic E-state index is -0.0228. The van der Waals surface area contributed by atoms with Gasteiger partial charge in [0, 0.05) is 16.6 Å². The summed E-state index contributed by atoms with van der Waals surface area (Å²) in [4.78, 5) is 19.4. The number of nitrogens with two attached hydrogens (primary N) is 1. The molecule has 28 heavy (non-hydrogen) atoms. The molecule has 1 aliphatic carbocycles. The lowest BCUT2D eigenvalue weighted by Gasteiger charge is -2.04. The number of ketones is 1. The van der Waals surface area contributed by atoms with Crippen molar-refractivity contribution in [3.63, 3.8) is 0 Å². The third-order valence-corrected chi connectivity index (χ3v) is 6.58. The highest BCUT2D eigenvalue weighted by Crippen LogP contribution is 2.39. The van der Waals surface area contributed by atoms with E-state index < -0.39 is 0 Å². The van der Waals surface area contributed by atoms with Gasteiger partial charge in [-0.2, -0.15) is 0 Å². The van der Waals surface area contributed by atoms with Gasteiger partial charge in [-0.25, -0.2) is 4.98 Å². The lowest BCUT2D eigenvalue weighted by atomic mass is 10.0. The summed E-state index contributed by atoms with van der Waals surface area (Å²) < 4.78 is 0. The molecule has 5 rings (SSSR count). The van der Waals surface area contributed by atoms with Crippen LogP contribution in [0.5, 0.6) is 0 Å². The highest BCUT2D eigenvalue weighted by Gasteiger charge is 2.23. The summed E-state index contributed by atoms with van der Waals surface area (Å²) in [6.45, 7) is 4.22. The van der Waals surface area contributed by atoms with Gasteiger partial charge in [0.1, 0.15) is 9.71 Å². The number of nitrogens with zero attached hydrogens (tertiary/aromatic N) is 1. The number of hydrogen-bond donors (Lipinski definition) is 1. The molecule has 0 saturated carbocycles. The third kappa shape index (κ3) is 2.56. The lowest BCUT2D eigenvalue weighted by molar-refractivity contribution is 0.104. The molecule has 0 fully saturated rings. The van der Waals surface area contributed by atoms with Gasteiger partial charge in [-0.15, -0.1) is 11.3 Å². The van der Waals surface area contributed by atoms with E-state index in [0.29, 0.717) is 22.0 Å². The molecule has 0 spiro atoms. The molecule has 4 heteroatoms. The first-order chi connectivity index (χ1) is 13.5. The second-order valence-corrected chi connectivity index (χ2v) is 8.62. The lowest BCUT2D eigenvalue weighted by Crippen LogP contribution is -2.02. The molecular weight excluding hydrogens is 364 g/mol. The monoisotopic (exact) mass is 384 g/mol. The third-order valence-electron chi connectivity index (χ3n) is 5.47. The summed E-state index contributed by atoms with van der Waals surface area (Å²) >= 11 is 1.39. The SMILES string of the molecule is CC(C)c1ccc2c(N)c(C(=O)c3ccc4c(c3)Cc3ccccc3-4)sc2n1. The van der Waals surface area contributed by atoms with Gasteiger partial charge in [0.25, 0.3) is 0 Å². The van der Waals surface area contributed by atoms with Crippen LogP contribution in [0.3, 0.4) is 0 Å². The fourth-order valence-corrected chi connectivity index (χ4v) is 4.98. The highest BCUT2D eigenvalue weighted by atomic mass is 32.1. The standard InChI is InChI=1S/C24H20N2OS/c1-13(2)20-10-9-19-21(25)23(28-24(19)26-20)22(27)15-7-8-18-16(12-15)11-14-5-3-4-6-17(14)18/h3-10,12-13H,11,25H2,1-2H3. The highest BCUT2D eigenvalue weighted by molar-refractivity contribution is 7.21. The van der Waals surface area contributed by atoms with Crippen LogP contribution >= 0.6 is 11.3 Å². The quantitative estimate of drug-likeness (QED) is 0.400. The molecule has 0 atom stereocenters. The van der Waals surface area contributed by atoms with E-state index in [1.807, 2.05) is 24.3 Å². The van der Waals surface area contributed by atoms with Crippen LogP contribution < -0.4 is 5.73 Å². The first-order valence-corrected chi connectivity index (χ1v) is 10.3. The van der Waals surface area contributed by atoms with E-state index in [2.05, 4.69) is 44.2 Å². The molecule has 2 heterocycles. The Hall–Kier alpha value is -2.98. The van der Waals surface area contributed by atoms with Gasteiger partial charge in [-0.1, -0.05) is 50.2 Å². The summed E-state index contributed by atoms with van der Waals surface area (Å²) in [7, 11) is 0. The molecule has 0 unspecified atom stereocenters. The summed E-state index contributed by atoms with van der Waals surface area (Å²) in [5.74, 6) is 0.315. The topological polar surface area (TPSA) is 56.0 Å². The molecule has 138 valence electrons. The summed E-state index contributed by atoms with van der Waals surface area (Å²) in [6.07, 6.45) is 0.869. The molecule has 0 saturated heterocycles. The molecule has 0 radical (unpaired) electrons. The number of anilines is 1. The number of pyridine rings is 1. The number of rotatable bonds is 3. The Morgan fingerprint density at radius 3 is 2.64 bits per heavy atom. The predicted octanol–water partition coefficient (Wildman–Crippen LogP) is 5.80. The molecule has 2 aromatic carbocycles. The minimum Gasteiger partial charge on any atom is -0.397 e. The average Bonchev–Trinajstić information content (AvgIpc) is 3.24. The van der Waals surface area contributed by atoms with Crippen LogP contribution in [0.1, 0.15) is 51.8 Å². The van der Waals surface area contributed by atoms with Crippen molar-refractivity contribution in [1.82, 2.24) is 4.98 Å². The van der Waals surface area contributed by atoms with E-state index in [-0.39, 0.29) is 5.78 Å². The fourth-order valence-electron chi connectivity index (χ4n) is 3.92. The van der Waals surface area contributed by atoms with Crippen molar-refractivity contribution >= 4 is 33.0 Å². The first kappa shape index (κ1) is 17.1. The normalized spacial score (nSPS) is 12.4. The van der Waals surface area contributed by atoms with E-state index in [0.717, 1.165) is 22.3 Å². The van der Waals surface area contributed by atoms with E-state index in [1.54, 1.807) is 0 Å². The molecule has 0 aliphatic heterocycles. The summed E-state index contributed by atoms with van der Waals surface area (Å²) in [5, 5.41) is 0.867. The Morgan fingerprint density at radius 2 is 1.82 bits per heavy atom. The zero-order chi connectivity index (χ0) is 19.4. The number of carbonyl (C=O) groups is 1. The van der Waals surface area contributed by atoms with E-state index in [9.17, 15) is 4.79 Å². The van der Waals surface area contributed by atoms with E-state index >= 15 is 0 Å². The smallest absolute Gasteiger partial charge is 0.205 e. The maximum absolute atomic E-state index is 13.2. The van der Waals surface area contributed by atoms with Gasteiger partial charge >= 0.3 is 0 Å². The Labute approximate surface area is 167 Å². The van der Waals surface area contributed by atoms with Crippen molar-refractivity contribution in [2.24, 2.45) is 0 Å². The van der Waals surface area contributed by atoms with Crippen molar-refractivity contribution in [3.8, 4) is 11.1 Å². The van der Waals surface area contributed by atoms with Crippen LogP contribution in [0.4, 0.5) is 5.69 Å². The van der Waals surface area contributed by atoms with Crippen molar-refractivity contribution in [3.05, 3.63) is 81.9 Å². The molecule has 2 N–H and O–H groups in total. The van der Waals surface area contributed by atoms with Gasteiger partial charge in [0.05, 0.1) is 5.69 Å². The zero-order valence-electron chi connectivity index (χ0n) is 15.8. The number of nitrogen functional groups attached to an aromatic ring is 1. The summed E-state index contributed by atoms with van der Waals surface area (Å²) in [6, 6.07) is 18.4. The number of carbonyl (C=O) groups excluding carboxylic acids is 1. The second-order valence-electron chi connectivity index (χ2n) is 7.62. The summed E-state index contributed by atoms with van der Waals surface area (Å²) in [5.41, 5.74) is 13.6. The molecule has 0 amide bonds. The molecule has 3 nitrogen and oxygen atoms in total. The molecule has 2 aromatic heterocycles. The van der Waals surface area contributed by atoms with Crippen molar-refractivity contribution < 1.29 is 4.79 Å². The van der Waals surface area contributed by atoms with Gasteiger partial charge in [0.2, 0.25) is 5.78 Å². The number of thiophene rings is 1. The van der Waals surface area contributed by atoms with Crippen LogP contribution in [0, 0.1) is 0 Å². The predicted molar refractivity (Wildman–Crippen MR) is 116 cm³/mol. The number of hydrogen-bond acceptors (Lipinski definition) is 4. The second kappa shape index (κ2) is 6.28. The Morgan fingerprint density at radius 1 is 1.04 bits per heavy atom. The van der Waals surface area contributed by atoms with Gasteiger partial charge in [0.15, 0.2) is 0 Å². The van der Waals surface area contributed by atoms with Crippen LogP contribution in [-0.4, -0.2) is 10.8 Å². The van der Waals surface area contributed by atoms with Crippen molar-refractivity contribution in [2.45, 2.75) is 26.2 Å². The largest absolute Gasteiger partial charge is 0.397 e. The van der Waals surface area contributed by atoms with Crippen LogP contribution in [0.15, 0.2) is 54.6 Å². The maximum Gasteiger partial charge on any atom is 0.205 e. The van der Waals surface area contributed by atoms with Gasteiger partial charge in [-0.3, -0.25) is 4.79 Å². The number of benzene rings is 2. The number of fused-ring (bicyclic) bond motifs is 4. The maximum atomic E-state index is 13.2.